The maximum Gasteiger partial charge on any atom is 0.160 e. The number of nitrogens with two attached hydrogens (primary N) is 1. The van der Waals surface area contributed by atoms with Crippen molar-refractivity contribution >= 4 is 5.84 Å². The van der Waals surface area contributed by atoms with Gasteiger partial charge in [-0.1, -0.05) is 19.9 Å². The summed E-state index contributed by atoms with van der Waals surface area (Å²) in [5, 5.41) is 3.25. The van der Waals surface area contributed by atoms with Crippen molar-refractivity contribution in [3.05, 3.63) is 24.2 Å². The van der Waals surface area contributed by atoms with Crippen molar-refractivity contribution in [3.63, 3.8) is 0 Å². The maximum absolute atomic E-state index is 5.83. The summed E-state index contributed by atoms with van der Waals surface area (Å²) in [6.07, 6.45) is 4.91. The molecular weight excluding hydrogens is 254 g/mol. The smallest absolute Gasteiger partial charge is 0.160 e. The van der Waals surface area contributed by atoms with E-state index in [9.17, 15) is 0 Å². The normalized spacial score (nSPS) is 20.0. The highest BCUT2D eigenvalue weighted by molar-refractivity contribution is 5.78. The van der Waals surface area contributed by atoms with Crippen LogP contribution in [-0.4, -0.2) is 32.2 Å². The second-order valence-corrected chi connectivity index (χ2v) is 5.06. The van der Waals surface area contributed by atoms with Crippen molar-refractivity contribution in [1.82, 2.24) is 5.32 Å². The fourth-order valence-corrected chi connectivity index (χ4v) is 1.79. The molecule has 1 atom stereocenters. The predicted molar refractivity (Wildman–Crippen MR) is 82.3 cm³/mol. The summed E-state index contributed by atoms with van der Waals surface area (Å²) in [5.41, 5.74) is 6.31. The first-order chi connectivity index (χ1) is 9.63. The first kappa shape index (κ1) is 16.6. The topological polar surface area (TPSA) is 68.9 Å². The average molecular weight is 281 g/mol. The van der Waals surface area contributed by atoms with Gasteiger partial charge in [0.25, 0.3) is 0 Å². The molecule has 3 N–H and O–H groups in total. The second-order valence-electron chi connectivity index (χ2n) is 5.06. The lowest BCUT2D eigenvalue weighted by atomic mass is 10.1. The summed E-state index contributed by atoms with van der Waals surface area (Å²) >= 11 is 0. The molecule has 0 aromatic heterocycles. The Hall–Kier alpha value is -1.49. The lowest BCUT2D eigenvalue weighted by Gasteiger charge is -2.16. The van der Waals surface area contributed by atoms with Gasteiger partial charge in [0, 0.05) is 19.1 Å². The van der Waals surface area contributed by atoms with E-state index >= 15 is 0 Å². The molecule has 0 aromatic carbocycles. The van der Waals surface area contributed by atoms with Crippen LogP contribution in [0.3, 0.4) is 0 Å². The Bertz CT molecular complexity index is 354. The molecule has 0 amide bonds. The van der Waals surface area contributed by atoms with Gasteiger partial charge in [-0.2, -0.15) is 0 Å². The van der Waals surface area contributed by atoms with Gasteiger partial charge in [-0.3, -0.25) is 0 Å². The van der Waals surface area contributed by atoms with Gasteiger partial charge in [-0.25, -0.2) is 4.99 Å². The average Bonchev–Trinajstić information content (AvgIpc) is 2.91. The van der Waals surface area contributed by atoms with Gasteiger partial charge in [0.05, 0.1) is 30.9 Å². The number of unbranched alkanes of at least 4 members (excludes halogenated alkanes) is 1. The van der Waals surface area contributed by atoms with Gasteiger partial charge >= 0.3 is 0 Å². The summed E-state index contributed by atoms with van der Waals surface area (Å²) in [6, 6.07) is 0. The van der Waals surface area contributed by atoms with Crippen LogP contribution in [0.4, 0.5) is 0 Å². The van der Waals surface area contributed by atoms with Crippen molar-refractivity contribution in [3.8, 4) is 0 Å². The first-order valence-corrected chi connectivity index (χ1v) is 7.27. The number of amidine groups is 1. The maximum atomic E-state index is 5.83. The van der Waals surface area contributed by atoms with Crippen LogP contribution < -0.4 is 11.1 Å². The van der Waals surface area contributed by atoms with Gasteiger partial charge in [0.1, 0.15) is 0 Å². The van der Waals surface area contributed by atoms with Crippen molar-refractivity contribution in [1.29, 1.82) is 0 Å². The van der Waals surface area contributed by atoms with Gasteiger partial charge in [0.15, 0.2) is 5.76 Å². The van der Waals surface area contributed by atoms with Crippen LogP contribution in [-0.2, 0) is 9.47 Å². The zero-order valence-corrected chi connectivity index (χ0v) is 12.7. The van der Waals surface area contributed by atoms with Gasteiger partial charge in [-0.15, -0.1) is 0 Å². The molecule has 114 valence electrons. The molecule has 1 aliphatic heterocycles. The van der Waals surface area contributed by atoms with E-state index in [-0.39, 0.29) is 0 Å². The van der Waals surface area contributed by atoms with E-state index in [1.54, 1.807) is 13.1 Å². The number of hydrogen-bond donors (Lipinski definition) is 2. The van der Waals surface area contributed by atoms with E-state index in [1.165, 1.54) is 0 Å². The number of aliphatic imine (C=N–C) groups is 1. The number of nitrogens with one attached hydrogen (secondary N) is 1. The minimum atomic E-state index is 0.449. The molecule has 5 heteroatoms. The van der Waals surface area contributed by atoms with Crippen LogP contribution in [0.5, 0.6) is 0 Å². The Kier molecular flexibility index (Phi) is 7.80. The highest BCUT2D eigenvalue weighted by Gasteiger charge is 2.17. The molecule has 1 aliphatic rings. The third-order valence-corrected chi connectivity index (χ3v) is 3.05. The predicted octanol–water partition coefficient (Wildman–Crippen LogP) is 2.16. The highest BCUT2D eigenvalue weighted by atomic mass is 16.5. The highest BCUT2D eigenvalue weighted by Crippen LogP contribution is 2.16. The van der Waals surface area contributed by atoms with E-state index in [1.807, 2.05) is 0 Å². The summed E-state index contributed by atoms with van der Waals surface area (Å²) in [6.45, 7) is 11.0. The Morgan fingerprint density at radius 2 is 2.40 bits per heavy atom. The molecule has 1 fully saturated rings. The molecule has 1 heterocycles. The molecule has 0 bridgehead atoms. The number of ether oxygens (including phenoxy) is 2. The standard InChI is InChI=1S/C15H27N3O2/c1-4-5-7-17-12(2)15(9-18-13(3)16)20-11-14-6-8-19-10-14/h9,14,17H,2,4-8,10-11H2,1,3H3,(H2,16,18)/b15-9+. The largest absolute Gasteiger partial charge is 0.489 e. The molecule has 5 nitrogen and oxygen atoms in total. The van der Waals surface area contributed by atoms with Crippen LogP contribution in [0, 0.1) is 5.92 Å². The zero-order chi connectivity index (χ0) is 14.8. The molecule has 20 heavy (non-hydrogen) atoms. The fraction of sp³-hybridized carbons (Fsp3) is 0.667. The zero-order valence-electron chi connectivity index (χ0n) is 12.7. The van der Waals surface area contributed by atoms with Gasteiger partial charge in [0.2, 0.25) is 0 Å². The molecule has 0 spiro atoms. The van der Waals surface area contributed by atoms with Crippen LogP contribution in [0.2, 0.25) is 0 Å². The van der Waals surface area contributed by atoms with E-state index in [0.717, 1.165) is 44.7 Å². The number of nitrogens with zero attached hydrogens (tertiary/aromatic N) is 1. The molecule has 1 unspecified atom stereocenters. The van der Waals surface area contributed by atoms with E-state index in [2.05, 4.69) is 23.8 Å². The van der Waals surface area contributed by atoms with Crippen molar-refractivity contribution in [2.45, 2.75) is 33.1 Å². The summed E-state index contributed by atoms with van der Waals surface area (Å²) in [7, 11) is 0. The van der Waals surface area contributed by atoms with Crippen molar-refractivity contribution in [2.24, 2.45) is 16.6 Å². The van der Waals surface area contributed by atoms with Gasteiger partial charge < -0.3 is 20.5 Å². The van der Waals surface area contributed by atoms with Crippen molar-refractivity contribution in [2.75, 3.05) is 26.4 Å². The molecule has 0 saturated carbocycles. The Morgan fingerprint density at radius 1 is 1.60 bits per heavy atom. The SMILES string of the molecule is C=C(NCCCC)/C(=C\N=C(C)N)OCC1CCOC1. The molecule has 0 radical (unpaired) electrons. The third kappa shape index (κ3) is 6.61. The molecule has 1 rings (SSSR count). The summed E-state index contributed by atoms with van der Waals surface area (Å²) in [5.74, 6) is 1.60. The molecular formula is C15H27N3O2. The van der Waals surface area contributed by atoms with Crippen LogP contribution >= 0.6 is 0 Å². The molecule has 0 aliphatic carbocycles. The lowest BCUT2D eigenvalue weighted by Crippen LogP contribution is -2.18. The molecule has 1 saturated heterocycles. The first-order valence-electron chi connectivity index (χ1n) is 7.27. The summed E-state index contributed by atoms with van der Waals surface area (Å²) in [4.78, 5) is 4.09. The monoisotopic (exact) mass is 281 g/mol. The second kappa shape index (κ2) is 9.42. The Balaban J connectivity index is 2.52. The fourth-order valence-electron chi connectivity index (χ4n) is 1.79. The quantitative estimate of drug-likeness (QED) is 0.223. The number of rotatable bonds is 9. The number of hydrogen-bond acceptors (Lipinski definition) is 4. The van der Waals surface area contributed by atoms with Gasteiger partial charge in [-0.05, 0) is 19.8 Å². The van der Waals surface area contributed by atoms with Crippen LogP contribution in [0.25, 0.3) is 0 Å². The Labute approximate surface area is 121 Å². The van der Waals surface area contributed by atoms with E-state index in [0.29, 0.717) is 24.1 Å². The minimum Gasteiger partial charge on any atom is -0.489 e. The summed E-state index contributed by atoms with van der Waals surface area (Å²) < 4.78 is 11.2. The van der Waals surface area contributed by atoms with Crippen LogP contribution in [0.1, 0.15) is 33.1 Å². The lowest BCUT2D eigenvalue weighted by molar-refractivity contribution is 0.138. The Morgan fingerprint density at radius 3 is 3.00 bits per heavy atom. The van der Waals surface area contributed by atoms with Crippen molar-refractivity contribution < 1.29 is 9.47 Å². The third-order valence-electron chi connectivity index (χ3n) is 3.05. The minimum absolute atomic E-state index is 0.449. The van der Waals surface area contributed by atoms with Crippen LogP contribution in [0.15, 0.2) is 29.2 Å². The van der Waals surface area contributed by atoms with E-state index < -0.39 is 0 Å². The van der Waals surface area contributed by atoms with E-state index in [4.69, 9.17) is 15.2 Å². The molecule has 0 aromatic rings.